The average molecular weight is 357 g/mol. The molecule has 0 fully saturated rings. The molecule has 0 saturated carbocycles. The third-order valence-corrected chi connectivity index (χ3v) is 5.02. The number of hydrogen-bond acceptors (Lipinski definition) is 5. The highest BCUT2D eigenvalue weighted by molar-refractivity contribution is 7.92. The summed E-state index contributed by atoms with van der Waals surface area (Å²) in [5.74, 6) is 1.12. The molecule has 1 aromatic heterocycles. The van der Waals surface area contributed by atoms with Gasteiger partial charge in [0.25, 0.3) is 10.0 Å². The molecule has 25 heavy (non-hydrogen) atoms. The van der Waals surface area contributed by atoms with Gasteiger partial charge in [0, 0.05) is 6.07 Å². The first-order chi connectivity index (χ1) is 12.1. The van der Waals surface area contributed by atoms with Crippen molar-refractivity contribution in [3.63, 3.8) is 0 Å². The number of ether oxygens (including phenoxy) is 2. The number of rotatable bonds is 4. The average Bonchev–Trinajstić information content (AvgIpc) is 3.13. The maximum Gasteiger partial charge on any atom is 0.265 e. The number of fused-ring (bicyclic) bond motifs is 1. The molecule has 0 atom stereocenters. The number of nitrogens with one attached hydrogen (secondary N) is 1. The molecule has 0 unspecified atom stereocenters. The SMILES string of the molecule is O=S(=O)(Nc1ccc2c(c1)OCCO2)c1cnn(-c2ccccc2)c1. The molecule has 2 aromatic carbocycles. The van der Waals surface area contributed by atoms with Crippen LogP contribution in [0.15, 0.2) is 65.8 Å². The highest BCUT2D eigenvalue weighted by Crippen LogP contribution is 2.33. The van der Waals surface area contributed by atoms with E-state index in [0.29, 0.717) is 30.4 Å². The number of para-hydroxylation sites is 1. The predicted octanol–water partition coefficient (Wildman–Crippen LogP) is 2.44. The number of sulfonamides is 1. The van der Waals surface area contributed by atoms with E-state index < -0.39 is 10.0 Å². The molecule has 0 bridgehead atoms. The van der Waals surface area contributed by atoms with Gasteiger partial charge in [-0.1, -0.05) is 18.2 Å². The Morgan fingerprint density at radius 2 is 1.76 bits per heavy atom. The molecule has 3 aromatic rings. The molecular weight excluding hydrogens is 342 g/mol. The Hall–Kier alpha value is -3.00. The summed E-state index contributed by atoms with van der Waals surface area (Å²) in [6, 6.07) is 14.2. The monoisotopic (exact) mass is 357 g/mol. The second-order valence-electron chi connectivity index (χ2n) is 5.42. The van der Waals surface area contributed by atoms with Crippen molar-refractivity contribution in [1.29, 1.82) is 0 Å². The van der Waals surface area contributed by atoms with Crippen molar-refractivity contribution >= 4 is 15.7 Å². The van der Waals surface area contributed by atoms with Crippen LogP contribution < -0.4 is 14.2 Å². The fourth-order valence-corrected chi connectivity index (χ4v) is 3.47. The Balaban J connectivity index is 1.59. The smallest absolute Gasteiger partial charge is 0.265 e. The fraction of sp³-hybridized carbons (Fsp3) is 0.118. The minimum Gasteiger partial charge on any atom is -0.486 e. The zero-order valence-corrected chi connectivity index (χ0v) is 13.9. The van der Waals surface area contributed by atoms with Crippen LogP contribution in [0.2, 0.25) is 0 Å². The van der Waals surface area contributed by atoms with Gasteiger partial charge in [-0.15, -0.1) is 0 Å². The zero-order valence-electron chi connectivity index (χ0n) is 13.1. The molecule has 1 aliphatic rings. The van der Waals surface area contributed by atoms with E-state index in [1.165, 1.54) is 17.1 Å². The van der Waals surface area contributed by atoms with Crippen LogP contribution >= 0.6 is 0 Å². The Bertz CT molecular complexity index is 1000. The van der Waals surface area contributed by atoms with E-state index >= 15 is 0 Å². The van der Waals surface area contributed by atoms with Crippen LogP contribution in [0.4, 0.5) is 5.69 Å². The summed E-state index contributed by atoms with van der Waals surface area (Å²) in [7, 11) is -3.76. The van der Waals surface area contributed by atoms with E-state index in [1.807, 2.05) is 30.3 Å². The lowest BCUT2D eigenvalue weighted by Gasteiger charge is -2.19. The lowest BCUT2D eigenvalue weighted by Crippen LogP contribution is -2.16. The maximum absolute atomic E-state index is 12.6. The molecule has 0 saturated heterocycles. The summed E-state index contributed by atoms with van der Waals surface area (Å²) in [6.45, 7) is 0.920. The first-order valence-corrected chi connectivity index (χ1v) is 9.13. The summed E-state index contributed by atoms with van der Waals surface area (Å²) in [6.07, 6.45) is 2.78. The molecule has 1 aliphatic heterocycles. The molecule has 0 radical (unpaired) electrons. The van der Waals surface area contributed by atoms with E-state index in [-0.39, 0.29) is 4.90 Å². The van der Waals surface area contributed by atoms with Gasteiger partial charge in [-0.05, 0) is 24.3 Å². The van der Waals surface area contributed by atoms with Gasteiger partial charge < -0.3 is 9.47 Å². The number of aromatic nitrogens is 2. The van der Waals surface area contributed by atoms with Gasteiger partial charge in [0.15, 0.2) is 11.5 Å². The summed E-state index contributed by atoms with van der Waals surface area (Å²) >= 11 is 0. The van der Waals surface area contributed by atoms with Gasteiger partial charge in [-0.2, -0.15) is 5.10 Å². The Morgan fingerprint density at radius 3 is 2.56 bits per heavy atom. The van der Waals surface area contributed by atoms with Gasteiger partial charge in [0.2, 0.25) is 0 Å². The van der Waals surface area contributed by atoms with E-state index in [1.54, 1.807) is 18.2 Å². The normalized spacial score (nSPS) is 13.4. The first kappa shape index (κ1) is 15.5. The second kappa shape index (κ2) is 6.14. The van der Waals surface area contributed by atoms with Crippen LogP contribution in [0.25, 0.3) is 5.69 Å². The Morgan fingerprint density at radius 1 is 1.00 bits per heavy atom. The molecule has 128 valence electrons. The largest absolute Gasteiger partial charge is 0.486 e. The molecule has 0 aliphatic carbocycles. The molecule has 0 amide bonds. The van der Waals surface area contributed by atoms with Crippen molar-refractivity contribution in [2.45, 2.75) is 4.90 Å². The van der Waals surface area contributed by atoms with Gasteiger partial charge >= 0.3 is 0 Å². The lowest BCUT2D eigenvalue weighted by atomic mass is 10.3. The topological polar surface area (TPSA) is 82.5 Å². The number of hydrogen-bond donors (Lipinski definition) is 1. The van der Waals surface area contributed by atoms with Crippen LogP contribution in [-0.4, -0.2) is 31.4 Å². The lowest BCUT2D eigenvalue weighted by molar-refractivity contribution is 0.171. The number of nitrogens with zero attached hydrogens (tertiary/aromatic N) is 2. The van der Waals surface area contributed by atoms with Crippen molar-refractivity contribution in [2.75, 3.05) is 17.9 Å². The van der Waals surface area contributed by atoms with Crippen LogP contribution in [0, 0.1) is 0 Å². The van der Waals surface area contributed by atoms with Crippen molar-refractivity contribution in [3.05, 3.63) is 60.9 Å². The first-order valence-electron chi connectivity index (χ1n) is 7.64. The molecule has 8 heteroatoms. The third-order valence-electron chi connectivity index (χ3n) is 3.68. The number of benzene rings is 2. The zero-order chi connectivity index (χ0) is 17.3. The van der Waals surface area contributed by atoms with E-state index in [2.05, 4.69) is 9.82 Å². The standard InChI is InChI=1S/C17H15N3O4S/c21-25(22,15-11-18-20(12-15)14-4-2-1-3-5-14)19-13-6-7-16-17(10-13)24-9-8-23-16/h1-7,10-12,19H,8-9H2. The van der Waals surface area contributed by atoms with Crippen LogP contribution in [0.5, 0.6) is 11.5 Å². The minimum absolute atomic E-state index is 0.0752. The van der Waals surface area contributed by atoms with Gasteiger partial charge in [-0.25, -0.2) is 13.1 Å². The Kier molecular flexibility index (Phi) is 3.81. The predicted molar refractivity (Wildman–Crippen MR) is 91.8 cm³/mol. The van der Waals surface area contributed by atoms with E-state index in [0.717, 1.165) is 5.69 Å². The third kappa shape index (κ3) is 3.16. The molecule has 0 spiro atoms. The van der Waals surface area contributed by atoms with E-state index in [4.69, 9.17) is 9.47 Å². The molecule has 7 nitrogen and oxygen atoms in total. The minimum atomic E-state index is -3.76. The summed E-state index contributed by atoms with van der Waals surface area (Å²) < 4.78 is 40.1. The number of anilines is 1. The summed E-state index contributed by atoms with van der Waals surface area (Å²) in [5.41, 5.74) is 1.18. The molecule has 1 N–H and O–H groups in total. The van der Waals surface area contributed by atoms with Crippen LogP contribution in [-0.2, 0) is 10.0 Å². The summed E-state index contributed by atoms with van der Waals surface area (Å²) in [4.78, 5) is 0.0752. The Labute approximate surface area is 144 Å². The fourth-order valence-electron chi connectivity index (χ4n) is 2.49. The summed E-state index contributed by atoms with van der Waals surface area (Å²) in [5, 5.41) is 4.12. The highest BCUT2D eigenvalue weighted by Gasteiger charge is 2.19. The van der Waals surface area contributed by atoms with E-state index in [9.17, 15) is 8.42 Å². The van der Waals surface area contributed by atoms with Crippen molar-refractivity contribution in [2.24, 2.45) is 0 Å². The van der Waals surface area contributed by atoms with Crippen molar-refractivity contribution in [1.82, 2.24) is 9.78 Å². The quantitative estimate of drug-likeness (QED) is 0.775. The van der Waals surface area contributed by atoms with Gasteiger partial charge in [-0.3, -0.25) is 4.72 Å². The van der Waals surface area contributed by atoms with Gasteiger partial charge in [0.1, 0.15) is 18.1 Å². The van der Waals surface area contributed by atoms with Crippen molar-refractivity contribution in [3.8, 4) is 17.2 Å². The molecular formula is C17H15N3O4S. The van der Waals surface area contributed by atoms with Crippen LogP contribution in [0.3, 0.4) is 0 Å². The van der Waals surface area contributed by atoms with Crippen molar-refractivity contribution < 1.29 is 17.9 Å². The molecule has 2 heterocycles. The molecule has 4 rings (SSSR count). The van der Waals surface area contributed by atoms with Gasteiger partial charge in [0.05, 0.1) is 23.8 Å². The second-order valence-corrected chi connectivity index (χ2v) is 7.10. The van der Waals surface area contributed by atoms with Crippen LogP contribution in [0.1, 0.15) is 0 Å². The maximum atomic E-state index is 12.6. The highest BCUT2D eigenvalue weighted by atomic mass is 32.2.